The molecule has 2 unspecified atom stereocenters. The van der Waals surface area contributed by atoms with Gasteiger partial charge in [-0.3, -0.25) is 0 Å². The van der Waals surface area contributed by atoms with Gasteiger partial charge in [0.1, 0.15) is 0 Å². The van der Waals surface area contributed by atoms with E-state index < -0.39 is 0 Å². The van der Waals surface area contributed by atoms with E-state index in [1.54, 1.807) is 0 Å². The Kier molecular flexibility index (Phi) is 4.73. The number of thioether (sulfide) groups is 1. The molecule has 1 rings (SSSR count). The van der Waals surface area contributed by atoms with Crippen LogP contribution in [0.15, 0.2) is 0 Å². The maximum atomic E-state index is 6.32. The minimum Gasteiger partial charge on any atom is -0.369 e. The lowest BCUT2D eigenvalue weighted by atomic mass is 9.83. The normalized spacial score (nSPS) is 29.2. The molecule has 1 fully saturated rings. The van der Waals surface area contributed by atoms with E-state index in [0.29, 0.717) is 5.92 Å². The molecule has 0 radical (unpaired) electrons. The summed E-state index contributed by atoms with van der Waals surface area (Å²) in [6.07, 6.45) is 2.31. The van der Waals surface area contributed by atoms with E-state index in [9.17, 15) is 0 Å². The summed E-state index contributed by atoms with van der Waals surface area (Å²) in [5.41, 5.74) is 6.23. The van der Waals surface area contributed by atoms with Gasteiger partial charge in [0.05, 0.1) is 11.2 Å². The standard InChI is InChI=1S/C13H27NOS/c1-6-7-16-9-11(14)10-8-12(2,3)15-13(10,4)5/h10-11H,6-9,14H2,1-5H3. The maximum absolute atomic E-state index is 6.32. The molecule has 0 bridgehead atoms. The number of rotatable bonds is 5. The molecule has 0 spiro atoms. The van der Waals surface area contributed by atoms with Gasteiger partial charge in [0.25, 0.3) is 0 Å². The molecule has 0 aromatic carbocycles. The lowest BCUT2D eigenvalue weighted by molar-refractivity contribution is -0.0759. The highest BCUT2D eigenvalue weighted by atomic mass is 32.2. The summed E-state index contributed by atoms with van der Waals surface area (Å²) in [5.74, 6) is 2.75. The average Bonchev–Trinajstić information content (AvgIpc) is 2.34. The molecular weight excluding hydrogens is 218 g/mol. The van der Waals surface area contributed by atoms with Gasteiger partial charge in [-0.25, -0.2) is 0 Å². The second-order valence-corrected chi connectivity index (χ2v) is 7.16. The van der Waals surface area contributed by atoms with E-state index in [-0.39, 0.29) is 17.2 Å². The van der Waals surface area contributed by atoms with Crippen molar-refractivity contribution in [3.8, 4) is 0 Å². The Labute approximate surface area is 105 Å². The van der Waals surface area contributed by atoms with Crippen molar-refractivity contribution in [2.45, 2.75) is 64.7 Å². The first kappa shape index (κ1) is 14.3. The molecule has 1 aliphatic heterocycles. The van der Waals surface area contributed by atoms with E-state index in [0.717, 1.165) is 12.2 Å². The van der Waals surface area contributed by atoms with Crippen LogP contribution in [0, 0.1) is 5.92 Å². The van der Waals surface area contributed by atoms with Crippen molar-refractivity contribution in [1.29, 1.82) is 0 Å². The van der Waals surface area contributed by atoms with Crippen LogP contribution in [-0.2, 0) is 4.74 Å². The van der Waals surface area contributed by atoms with Crippen LogP contribution in [0.4, 0.5) is 0 Å². The van der Waals surface area contributed by atoms with Gasteiger partial charge in [0.15, 0.2) is 0 Å². The molecule has 2 atom stereocenters. The predicted octanol–water partition coefficient (Wildman–Crippen LogP) is 3.05. The fraction of sp³-hybridized carbons (Fsp3) is 1.00. The summed E-state index contributed by atoms with van der Waals surface area (Å²) in [6.45, 7) is 10.9. The molecule has 3 heteroatoms. The predicted molar refractivity (Wildman–Crippen MR) is 72.9 cm³/mol. The minimum absolute atomic E-state index is 0.0127. The highest BCUT2D eigenvalue weighted by Gasteiger charge is 2.47. The number of hydrogen-bond acceptors (Lipinski definition) is 3. The third-order valence-electron chi connectivity index (χ3n) is 3.32. The van der Waals surface area contributed by atoms with E-state index in [1.807, 2.05) is 11.8 Å². The fourth-order valence-electron chi connectivity index (χ4n) is 2.75. The minimum atomic E-state index is -0.0737. The lowest BCUT2D eigenvalue weighted by Crippen LogP contribution is -2.42. The zero-order valence-corrected chi connectivity index (χ0v) is 12.2. The van der Waals surface area contributed by atoms with E-state index in [2.05, 4.69) is 34.6 Å². The maximum Gasteiger partial charge on any atom is 0.0677 e. The summed E-state index contributed by atoms with van der Waals surface area (Å²) >= 11 is 1.97. The third-order valence-corrected chi connectivity index (χ3v) is 4.64. The van der Waals surface area contributed by atoms with Crippen LogP contribution < -0.4 is 5.73 Å². The lowest BCUT2D eigenvalue weighted by Gasteiger charge is -2.30. The van der Waals surface area contributed by atoms with Gasteiger partial charge < -0.3 is 10.5 Å². The molecule has 16 heavy (non-hydrogen) atoms. The quantitative estimate of drug-likeness (QED) is 0.756. The van der Waals surface area contributed by atoms with Crippen molar-refractivity contribution in [1.82, 2.24) is 0 Å². The second-order valence-electron chi connectivity index (χ2n) is 6.01. The van der Waals surface area contributed by atoms with Crippen LogP contribution in [0.1, 0.15) is 47.5 Å². The summed E-state index contributed by atoms with van der Waals surface area (Å²) in [4.78, 5) is 0. The summed E-state index contributed by atoms with van der Waals surface area (Å²) < 4.78 is 6.09. The Hall–Kier alpha value is 0.270. The molecule has 2 nitrogen and oxygen atoms in total. The topological polar surface area (TPSA) is 35.2 Å². The monoisotopic (exact) mass is 245 g/mol. The van der Waals surface area contributed by atoms with Crippen molar-refractivity contribution >= 4 is 11.8 Å². The molecule has 0 aromatic heterocycles. The van der Waals surface area contributed by atoms with Crippen molar-refractivity contribution in [3.63, 3.8) is 0 Å². The third kappa shape index (κ3) is 3.64. The Balaban J connectivity index is 2.52. The van der Waals surface area contributed by atoms with Crippen molar-refractivity contribution in [2.24, 2.45) is 11.7 Å². The molecule has 0 aromatic rings. The Morgan fingerprint density at radius 3 is 2.44 bits per heavy atom. The average molecular weight is 245 g/mol. The van der Waals surface area contributed by atoms with Crippen LogP contribution in [0.3, 0.4) is 0 Å². The van der Waals surface area contributed by atoms with Gasteiger partial charge in [-0.05, 0) is 46.3 Å². The smallest absolute Gasteiger partial charge is 0.0677 e. The Bertz CT molecular complexity index is 228. The number of hydrogen-bond donors (Lipinski definition) is 1. The van der Waals surface area contributed by atoms with Crippen LogP contribution in [0.25, 0.3) is 0 Å². The first-order valence-corrected chi connectivity index (χ1v) is 7.47. The molecule has 96 valence electrons. The molecule has 1 saturated heterocycles. The molecule has 0 amide bonds. The van der Waals surface area contributed by atoms with Gasteiger partial charge in [-0.1, -0.05) is 6.92 Å². The number of ether oxygens (including phenoxy) is 1. The second kappa shape index (κ2) is 5.28. The highest BCUT2D eigenvalue weighted by molar-refractivity contribution is 7.99. The van der Waals surface area contributed by atoms with E-state index >= 15 is 0 Å². The molecule has 1 aliphatic rings. The Morgan fingerprint density at radius 1 is 1.38 bits per heavy atom. The molecule has 2 N–H and O–H groups in total. The van der Waals surface area contributed by atoms with Crippen molar-refractivity contribution in [3.05, 3.63) is 0 Å². The molecular formula is C13H27NOS. The van der Waals surface area contributed by atoms with Gasteiger partial charge in [0.2, 0.25) is 0 Å². The summed E-state index contributed by atoms with van der Waals surface area (Å²) in [6, 6.07) is 0.258. The van der Waals surface area contributed by atoms with Gasteiger partial charge in [-0.2, -0.15) is 11.8 Å². The zero-order valence-electron chi connectivity index (χ0n) is 11.4. The first-order valence-electron chi connectivity index (χ1n) is 6.32. The largest absolute Gasteiger partial charge is 0.369 e. The van der Waals surface area contributed by atoms with E-state index in [4.69, 9.17) is 10.5 Å². The van der Waals surface area contributed by atoms with Gasteiger partial charge in [0, 0.05) is 17.7 Å². The molecule has 0 aliphatic carbocycles. The zero-order chi connectivity index (χ0) is 12.4. The fourth-order valence-corrected chi connectivity index (χ4v) is 3.71. The van der Waals surface area contributed by atoms with Gasteiger partial charge >= 0.3 is 0 Å². The summed E-state index contributed by atoms with van der Waals surface area (Å²) in [5, 5.41) is 0. The SMILES string of the molecule is CCCSCC(N)C1CC(C)(C)OC1(C)C. The molecule has 1 heterocycles. The van der Waals surface area contributed by atoms with Crippen LogP contribution >= 0.6 is 11.8 Å². The van der Waals surface area contributed by atoms with E-state index in [1.165, 1.54) is 12.2 Å². The first-order chi connectivity index (χ1) is 7.28. The highest BCUT2D eigenvalue weighted by Crippen LogP contribution is 2.43. The number of nitrogens with two attached hydrogens (primary N) is 1. The van der Waals surface area contributed by atoms with Crippen LogP contribution in [-0.4, -0.2) is 28.7 Å². The molecule has 0 saturated carbocycles. The van der Waals surface area contributed by atoms with Gasteiger partial charge in [-0.15, -0.1) is 0 Å². The van der Waals surface area contributed by atoms with Crippen molar-refractivity contribution < 1.29 is 4.74 Å². The van der Waals surface area contributed by atoms with Crippen molar-refractivity contribution in [2.75, 3.05) is 11.5 Å². The van der Waals surface area contributed by atoms with Crippen LogP contribution in [0.5, 0.6) is 0 Å². The summed E-state index contributed by atoms with van der Waals surface area (Å²) in [7, 11) is 0. The van der Waals surface area contributed by atoms with Crippen LogP contribution in [0.2, 0.25) is 0 Å². The Morgan fingerprint density at radius 2 is 2.00 bits per heavy atom.